The number of nitrogens with one attached hydrogen (secondary N) is 1. The van der Waals surface area contributed by atoms with Crippen LogP contribution in [0, 0.1) is 17.8 Å². The number of unbranched alkanes of at least 4 members (excludes halogenated alkanes) is 1. The van der Waals surface area contributed by atoms with Gasteiger partial charge in [-0.25, -0.2) is 0 Å². The fourth-order valence-electron chi connectivity index (χ4n) is 3.84. The first-order valence-corrected chi connectivity index (χ1v) is 7.60. The maximum Gasteiger partial charge on any atom is 0.0462 e. The minimum Gasteiger partial charge on any atom is -0.385 e. The van der Waals surface area contributed by atoms with Gasteiger partial charge in [-0.3, -0.25) is 0 Å². The Morgan fingerprint density at radius 3 is 2.65 bits per heavy atom. The average molecular weight is 239 g/mol. The van der Waals surface area contributed by atoms with Crippen molar-refractivity contribution in [1.29, 1.82) is 0 Å². The van der Waals surface area contributed by atoms with Gasteiger partial charge in [-0.1, -0.05) is 13.3 Å². The van der Waals surface area contributed by atoms with Crippen LogP contribution in [-0.2, 0) is 4.74 Å². The van der Waals surface area contributed by atoms with E-state index in [1.54, 1.807) is 7.11 Å². The van der Waals surface area contributed by atoms with Gasteiger partial charge in [-0.05, 0) is 62.8 Å². The molecule has 0 bridgehead atoms. The summed E-state index contributed by atoms with van der Waals surface area (Å²) in [5, 5.41) is 3.80. The van der Waals surface area contributed by atoms with Gasteiger partial charge >= 0.3 is 0 Å². The number of fused-ring (bicyclic) bond motifs is 1. The highest BCUT2D eigenvalue weighted by atomic mass is 16.5. The van der Waals surface area contributed by atoms with Gasteiger partial charge in [0.25, 0.3) is 0 Å². The lowest BCUT2D eigenvalue weighted by Crippen LogP contribution is -2.33. The summed E-state index contributed by atoms with van der Waals surface area (Å²) in [6.45, 7) is 4.39. The Labute approximate surface area is 107 Å². The van der Waals surface area contributed by atoms with E-state index in [9.17, 15) is 0 Å². The van der Waals surface area contributed by atoms with Gasteiger partial charge in [-0.2, -0.15) is 0 Å². The van der Waals surface area contributed by atoms with Crippen LogP contribution in [0.2, 0.25) is 0 Å². The first-order chi connectivity index (χ1) is 8.38. The van der Waals surface area contributed by atoms with Crippen LogP contribution in [0.4, 0.5) is 0 Å². The summed E-state index contributed by atoms with van der Waals surface area (Å²) < 4.78 is 5.14. The fourth-order valence-corrected chi connectivity index (χ4v) is 3.84. The maximum absolute atomic E-state index is 5.14. The van der Waals surface area contributed by atoms with Crippen LogP contribution in [0.1, 0.15) is 51.9 Å². The molecule has 100 valence electrons. The van der Waals surface area contributed by atoms with Crippen molar-refractivity contribution in [2.75, 3.05) is 20.3 Å². The number of hydrogen-bond acceptors (Lipinski definition) is 2. The van der Waals surface area contributed by atoms with Crippen LogP contribution < -0.4 is 5.32 Å². The second-order valence-electron chi connectivity index (χ2n) is 5.89. The minimum atomic E-state index is 0.808. The molecule has 2 rings (SSSR count). The predicted molar refractivity (Wildman–Crippen MR) is 72.1 cm³/mol. The molecular formula is C15H29NO. The van der Waals surface area contributed by atoms with Gasteiger partial charge in [0, 0.05) is 19.8 Å². The molecular weight excluding hydrogens is 210 g/mol. The third-order valence-corrected chi connectivity index (χ3v) is 4.71. The summed E-state index contributed by atoms with van der Waals surface area (Å²) in [6.07, 6.45) is 9.69. The molecule has 0 aliphatic heterocycles. The lowest BCUT2D eigenvalue weighted by atomic mass is 9.99. The quantitative estimate of drug-likeness (QED) is 0.624. The van der Waals surface area contributed by atoms with E-state index >= 15 is 0 Å². The lowest BCUT2D eigenvalue weighted by Gasteiger charge is -2.20. The van der Waals surface area contributed by atoms with Crippen molar-refractivity contribution in [2.45, 2.75) is 57.9 Å². The van der Waals surface area contributed by atoms with Crippen LogP contribution in [-0.4, -0.2) is 26.3 Å². The van der Waals surface area contributed by atoms with Crippen LogP contribution in [0.25, 0.3) is 0 Å². The van der Waals surface area contributed by atoms with Crippen LogP contribution >= 0.6 is 0 Å². The molecule has 3 unspecified atom stereocenters. The molecule has 2 nitrogen and oxygen atoms in total. The molecule has 2 saturated carbocycles. The summed E-state index contributed by atoms with van der Waals surface area (Å²) in [5.74, 6) is 3.21. The summed E-state index contributed by atoms with van der Waals surface area (Å²) in [5.41, 5.74) is 0. The van der Waals surface area contributed by atoms with Crippen LogP contribution in [0.5, 0.6) is 0 Å². The Hall–Kier alpha value is -0.0800. The molecule has 0 saturated heterocycles. The second-order valence-corrected chi connectivity index (χ2v) is 5.89. The highest BCUT2D eigenvalue weighted by molar-refractivity contribution is 5.06. The molecule has 0 spiro atoms. The third kappa shape index (κ3) is 3.45. The maximum atomic E-state index is 5.14. The molecule has 2 aliphatic rings. The van der Waals surface area contributed by atoms with E-state index < -0.39 is 0 Å². The molecule has 1 N–H and O–H groups in total. The largest absolute Gasteiger partial charge is 0.385 e. The second kappa shape index (κ2) is 6.75. The number of ether oxygens (including phenoxy) is 1. The zero-order chi connectivity index (χ0) is 12.1. The Morgan fingerprint density at radius 1 is 1.24 bits per heavy atom. The normalized spacial score (nSPS) is 32.5. The molecule has 0 aromatic carbocycles. The average Bonchev–Trinajstić information content (AvgIpc) is 2.82. The van der Waals surface area contributed by atoms with Crippen molar-refractivity contribution in [3.63, 3.8) is 0 Å². The van der Waals surface area contributed by atoms with Crippen molar-refractivity contribution in [3.8, 4) is 0 Å². The standard InChI is InChI=1S/C15H29NO/c1-3-10-16-14(9-4-5-11-17-2)15-12-7-6-8-13(12)15/h12-16H,3-11H2,1-2H3. The molecule has 0 amide bonds. The van der Waals surface area contributed by atoms with Gasteiger partial charge in [0.1, 0.15) is 0 Å². The van der Waals surface area contributed by atoms with Crippen molar-refractivity contribution in [1.82, 2.24) is 5.32 Å². The van der Waals surface area contributed by atoms with E-state index in [-0.39, 0.29) is 0 Å². The van der Waals surface area contributed by atoms with Gasteiger partial charge in [-0.15, -0.1) is 0 Å². The molecule has 0 radical (unpaired) electrons. The first-order valence-electron chi connectivity index (χ1n) is 7.60. The van der Waals surface area contributed by atoms with E-state index in [0.29, 0.717) is 0 Å². The van der Waals surface area contributed by atoms with Crippen LogP contribution in [0.15, 0.2) is 0 Å². The van der Waals surface area contributed by atoms with E-state index in [0.717, 1.165) is 30.4 Å². The van der Waals surface area contributed by atoms with Crippen molar-refractivity contribution < 1.29 is 4.74 Å². The van der Waals surface area contributed by atoms with Gasteiger partial charge < -0.3 is 10.1 Å². The molecule has 0 aromatic rings. The number of hydrogen-bond donors (Lipinski definition) is 1. The Morgan fingerprint density at radius 2 is 2.00 bits per heavy atom. The Bertz CT molecular complexity index is 209. The molecule has 0 aromatic heterocycles. The van der Waals surface area contributed by atoms with Gasteiger partial charge in [0.15, 0.2) is 0 Å². The van der Waals surface area contributed by atoms with E-state index in [2.05, 4.69) is 12.2 Å². The predicted octanol–water partition coefficient (Wildman–Crippen LogP) is 3.22. The topological polar surface area (TPSA) is 21.3 Å². The Kier molecular flexibility index (Phi) is 5.30. The van der Waals surface area contributed by atoms with Crippen molar-refractivity contribution in [2.24, 2.45) is 17.8 Å². The van der Waals surface area contributed by atoms with Gasteiger partial charge in [0.05, 0.1) is 0 Å². The van der Waals surface area contributed by atoms with E-state index in [1.807, 2.05) is 0 Å². The minimum absolute atomic E-state index is 0.808. The summed E-state index contributed by atoms with van der Waals surface area (Å²) in [6, 6.07) is 0.808. The zero-order valence-electron chi connectivity index (χ0n) is 11.6. The van der Waals surface area contributed by atoms with Crippen molar-refractivity contribution in [3.05, 3.63) is 0 Å². The highest BCUT2D eigenvalue weighted by Gasteiger charge is 2.55. The summed E-state index contributed by atoms with van der Waals surface area (Å²) >= 11 is 0. The third-order valence-electron chi connectivity index (χ3n) is 4.71. The molecule has 2 fully saturated rings. The smallest absolute Gasteiger partial charge is 0.0462 e. The molecule has 0 heterocycles. The molecule has 17 heavy (non-hydrogen) atoms. The number of methoxy groups -OCH3 is 1. The SMILES string of the molecule is CCCNC(CCCCOC)C1C2CCCC21. The van der Waals surface area contributed by atoms with E-state index in [1.165, 1.54) is 51.5 Å². The zero-order valence-corrected chi connectivity index (χ0v) is 11.6. The summed E-state index contributed by atoms with van der Waals surface area (Å²) in [7, 11) is 1.80. The van der Waals surface area contributed by atoms with Crippen LogP contribution in [0.3, 0.4) is 0 Å². The lowest BCUT2D eigenvalue weighted by molar-refractivity contribution is 0.190. The highest BCUT2D eigenvalue weighted by Crippen LogP contribution is 2.59. The number of rotatable bonds is 9. The molecule has 2 aliphatic carbocycles. The van der Waals surface area contributed by atoms with Gasteiger partial charge in [0.2, 0.25) is 0 Å². The van der Waals surface area contributed by atoms with Crippen molar-refractivity contribution >= 4 is 0 Å². The van der Waals surface area contributed by atoms with E-state index in [4.69, 9.17) is 4.74 Å². The Balaban J connectivity index is 1.70. The fraction of sp³-hybridized carbons (Fsp3) is 1.00. The first kappa shape index (κ1) is 13.4. The molecule has 3 atom stereocenters. The monoisotopic (exact) mass is 239 g/mol. The molecule has 2 heteroatoms. The summed E-state index contributed by atoms with van der Waals surface area (Å²) in [4.78, 5) is 0.